The van der Waals surface area contributed by atoms with Crippen molar-refractivity contribution in [2.45, 2.75) is 13.8 Å². The highest BCUT2D eigenvalue weighted by molar-refractivity contribution is 6.22. The van der Waals surface area contributed by atoms with Gasteiger partial charge in [-0.2, -0.15) is 0 Å². The van der Waals surface area contributed by atoms with Crippen LogP contribution in [-0.4, -0.2) is 22.6 Å². The molecule has 1 aromatic carbocycles. The van der Waals surface area contributed by atoms with Gasteiger partial charge in [-0.25, -0.2) is 4.39 Å². The summed E-state index contributed by atoms with van der Waals surface area (Å²) in [5.74, 6) is -5.78. The minimum absolute atomic E-state index is 0.0119. The van der Waals surface area contributed by atoms with Crippen LogP contribution >= 0.6 is 0 Å². The number of benzene rings is 1. The van der Waals surface area contributed by atoms with Gasteiger partial charge in [0.2, 0.25) is 0 Å². The Balaban J connectivity index is 3.08. The molecule has 1 atom stereocenters. The predicted molar refractivity (Wildman–Crippen MR) is 61.7 cm³/mol. The minimum atomic E-state index is -1.73. The maximum Gasteiger partial charge on any atom is 0.322 e. The molecule has 4 nitrogen and oxygen atoms in total. The van der Waals surface area contributed by atoms with E-state index >= 15 is 0 Å². The molecule has 0 spiro atoms. The number of halogens is 1. The first-order valence-corrected chi connectivity index (χ1v) is 5.41. The predicted octanol–water partition coefficient (Wildman–Crippen LogP) is 1.93. The fourth-order valence-electron chi connectivity index (χ4n) is 1.48. The summed E-state index contributed by atoms with van der Waals surface area (Å²) in [7, 11) is 0. The van der Waals surface area contributed by atoms with E-state index in [1.165, 1.54) is 26.0 Å². The minimum Gasteiger partial charge on any atom is -0.480 e. The van der Waals surface area contributed by atoms with Crippen LogP contribution in [0.15, 0.2) is 24.3 Å². The maximum atomic E-state index is 12.7. The lowest BCUT2D eigenvalue weighted by Gasteiger charge is -2.12. The number of hydrogen-bond donors (Lipinski definition) is 1. The molecule has 0 fully saturated rings. The normalized spacial score (nSPS) is 12.2. The van der Waals surface area contributed by atoms with E-state index in [1.807, 2.05) is 0 Å². The molecule has 1 N–H and O–H groups in total. The number of carbonyl (C=O) groups excluding carboxylic acids is 2. The summed E-state index contributed by atoms with van der Waals surface area (Å²) >= 11 is 0. The summed E-state index contributed by atoms with van der Waals surface area (Å²) in [4.78, 5) is 34.6. The first-order chi connectivity index (χ1) is 8.34. The summed E-state index contributed by atoms with van der Waals surface area (Å²) in [5, 5.41) is 8.96. The number of ketones is 2. The number of rotatable bonds is 5. The van der Waals surface area contributed by atoms with Crippen LogP contribution in [0.3, 0.4) is 0 Å². The van der Waals surface area contributed by atoms with Crippen LogP contribution in [0, 0.1) is 17.7 Å². The molecule has 96 valence electrons. The topological polar surface area (TPSA) is 71.4 Å². The third kappa shape index (κ3) is 3.00. The van der Waals surface area contributed by atoms with Crippen molar-refractivity contribution in [3.8, 4) is 0 Å². The van der Waals surface area contributed by atoms with Gasteiger partial charge < -0.3 is 5.11 Å². The highest BCUT2D eigenvalue weighted by Crippen LogP contribution is 2.15. The van der Waals surface area contributed by atoms with Crippen molar-refractivity contribution >= 4 is 17.5 Å². The zero-order chi connectivity index (χ0) is 13.9. The second-order valence-corrected chi connectivity index (χ2v) is 4.20. The van der Waals surface area contributed by atoms with Gasteiger partial charge in [-0.15, -0.1) is 0 Å². The summed E-state index contributed by atoms with van der Waals surface area (Å²) in [6, 6.07) is 4.43. The van der Waals surface area contributed by atoms with Crippen LogP contribution in [0.25, 0.3) is 0 Å². The van der Waals surface area contributed by atoms with Gasteiger partial charge >= 0.3 is 5.97 Å². The Labute approximate surface area is 103 Å². The van der Waals surface area contributed by atoms with Crippen molar-refractivity contribution in [2.24, 2.45) is 11.8 Å². The molecule has 0 heterocycles. The van der Waals surface area contributed by atoms with Crippen LogP contribution in [0.2, 0.25) is 0 Å². The number of carbonyl (C=O) groups is 3. The van der Waals surface area contributed by atoms with E-state index in [0.717, 1.165) is 12.1 Å². The van der Waals surface area contributed by atoms with E-state index < -0.39 is 35.2 Å². The fourth-order valence-corrected chi connectivity index (χ4v) is 1.48. The molecule has 1 aromatic rings. The van der Waals surface area contributed by atoms with Crippen molar-refractivity contribution in [3.63, 3.8) is 0 Å². The van der Waals surface area contributed by atoms with Crippen molar-refractivity contribution in [2.75, 3.05) is 0 Å². The average molecular weight is 252 g/mol. The Morgan fingerprint density at radius 3 is 2.00 bits per heavy atom. The number of Topliss-reactive ketones (excluding diaryl/α,β-unsaturated/α-hetero) is 2. The Morgan fingerprint density at radius 2 is 1.61 bits per heavy atom. The third-order valence-corrected chi connectivity index (χ3v) is 2.49. The monoisotopic (exact) mass is 252 g/mol. The first kappa shape index (κ1) is 14.0. The van der Waals surface area contributed by atoms with E-state index in [4.69, 9.17) is 5.11 Å². The standard InChI is InChI=1S/C13H13FO4/c1-7(2)11(15)10(13(17)18)12(16)8-3-5-9(14)6-4-8/h3-7,10H,1-2H3,(H,17,18). The molecule has 0 saturated carbocycles. The molecule has 0 radical (unpaired) electrons. The maximum absolute atomic E-state index is 12.7. The van der Waals surface area contributed by atoms with Crippen molar-refractivity contribution in [1.82, 2.24) is 0 Å². The van der Waals surface area contributed by atoms with E-state index in [0.29, 0.717) is 0 Å². The SMILES string of the molecule is CC(C)C(=O)C(C(=O)O)C(=O)c1ccc(F)cc1. The molecule has 1 rings (SSSR count). The second kappa shape index (κ2) is 5.53. The highest BCUT2D eigenvalue weighted by Gasteiger charge is 2.35. The zero-order valence-corrected chi connectivity index (χ0v) is 10.0. The first-order valence-electron chi connectivity index (χ1n) is 5.41. The number of aliphatic carboxylic acids is 1. The quantitative estimate of drug-likeness (QED) is 0.642. The Hall–Kier alpha value is -2.04. The van der Waals surface area contributed by atoms with Gasteiger partial charge in [-0.1, -0.05) is 13.8 Å². The molecule has 0 bridgehead atoms. The van der Waals surface area contributed by atoms with E-state index in [9.17, 15) is 18.8 Å². The van der Waals surface area contributed by atoms with Gasteiger partial charge in [0.1, 0.15) is 5.82 Å². The number of carboxylic acids is 1. The van der Waals surface area contributed by atoms with Crippen molar-refractivity contribution < 1.29 is 23.9 Å². The smallest absolute Gasteiger partial charge is 0.322 e. The molecular weight excluding hydrogens is 239 g/mol. The van der Waals surface area contributed by atoms with Gasteiger partial charge in [0.05, 0.1) is 0 Å². The molecule has 0 saturated heterocycles. The van der Waals surface area contributed by atoms with Crippen molar-refractivity contribution in [1.29, 1.82) is 0 Å². The molecule has 0 amide bonds. The lowest BCUT2D eigenvalue weighted by Crippen LogP contribution is -2.34. The molecule has 0 aromatic heterocycles. The summed E-state index contributed by atoms with van der Waals surface area (Å²) < 4.78 is 12.7. The molecular formula is C13H13FO4. The van der Waals surface area contributed by atoms with Crippen molar-refractivity contribution in [3.05, 3.63) is 35.6 Å². The fraction of sp³-hybridized carbons (Fsp3) is 0.308. The lowest BCUT2D eigenvalue weighted by atomic mass is 9.88. The van der Waals surface area contributed by atoms with Crippen LogP contribution in [0.5, 0.6) is 0 Å². The summed E-state index contributed by atoms with van der Waals surface area (Å²) in [6.45, 7) is 3.05. The second-order valence-electron chi connectivity index (χ2n) is 4.20. The van der Waals surface area contributed by atoms with E-state index in [1.54, 1.807) is 0 Å². The van der Waals surface area contributed by atoms with Crippen LogP contribution < -0.4 is 0 Å². The summed E-state index contributed by atoms with van der Waals surface area (Å²) in [6.07, 6.45) is 0. The largest absolute Gasteiger partial charge is 0.480 e. The Morgan fingerprint density at radius 1 is 1.11 bits per heavy atom. The lowest BCUT2D eigenvalue weighted by molar-refractivity contribution is -0.144. The van der Waals surface area contributed by atoms with Gasteiger partial charge in [0.15, 0.2) is 17.5 Å². The van der Waals surface area contributed by atoms with Crippen LogP contribution in [0.4, 0.5) is 4.39 Å². The third-order valence-electron chi connectivity index (χ3n) is 2.49. The molecule has 0 aliphatic carbocycles. The highest BCUT2D eigenvalue weighted by atomic mass is 19.1. The molecule has 18 heavy (non-hydrogen) atoms. The van der Waals surface area contributed by atoms with Gasteiger partial charge in [-0.05, 0) is 24.3 Å². The molecule has 0 aliphatic rings. The zero-order valence-electron chi connectivity index (χ0n) is 10.0. The van der Waals surface area contributed by atoms with E-state index in [2.05, 4.69) is 0 Å². The van der Waals surface area contributed by atoms with Gasteiger partial charge in [0, 0.05) is 11.5 Å². The number of carboxylic acid groups (broad SMARTS) is 1. The van der Waals surface area contributed by atoms with Crippen LogP contribution in [-0.2, 0) is 9.59 Å². The Kier molecular flexibility index (Phi) is 4.31. The Bertz CT molecular complexity index is 476. The van der Waals surface area contributed by atoms with E-state index in [-0.39, 0.29) is 5.56 Å². The molecule has 1 unspecified atom stereocenters. The van der Waals surface area contributed by atoms with Gasteiger partial charge in [-0.3, -0.25) is 14.4 Å². The number of hydrogen-bond acceptors (Lipinski definition) is 3. The van der Waals surface area contributed by atoms with Gasteiger partial charge in [0.25, 0.3) is 0 Å². The average Bonchev–Trinajstić information content (AvgIpc) is 2.29. The van der Waals surface area contributed by atoms with Crippen LogP contribution in [0.1, 0.15) is 24.2 Å². The summed E-state index contributed by atoms with van der Waals surface area (Å²) in [5.41, 5.74) is 0.0119. The molecule has 0 aliphatic heterocycles. The molecule has 5 heteroatoms.